The average molecular weight is 690 g/mol. The smallest absolute Gasteiger partial charge is 0.326 e. The van der Waals surface area contributed by atoms with E-state index in [2.05, 4.69) is 4.98 Å². The number of benzene rings is 2. The molecule has 2 aromatic carbocycles. The van der Waals surface area contributed by atoms with Crippen LogP contribution in [0.4, 0.5) is 0 Å². The number of para-hydroxylation sites is 3. The Morgan fingerprint density at radius 3 is 2.40 bits per heavy atom. The van der Waals surface area contributed by atoms with E-state index in [9.17, 15) is 14.4 Å². The van der Waals surface area contributed by atoms with Gasteiger partial charge in [-0.3, -0.25) is 18.8 Å². The predicted octanol–water partition coefficient (Wildman–Crippen LogP) is 3.38. The van der Waals surface area contributed by atoms with E-state index in [-0.39, 0.29) is 48.1 Å². The van der Waals surface area contributed by atoms with E-state index in [1.807, 2.05) is 80.2 Å². The molecule has 2 N–H and O–H groups in total. The number of allylic oxidation sites excluding steroid dienone is 1. The first-order chi connectivity index (χ1) is 24.3. The van der Waals surface area contributed by atoms with E-state index in [1.165, 1.54) is 0 Å². The second kappa shape index (κ2) is 16.1. The second-order valence-corrected chi connectivity index (χ2v) is 12.7. The molecule has 1 fully saturated rings. The van der Waals surface area contributed by atoms with Crippen LogP contribution in [0.5, 0.6) is 0 Å². The molecule has 0 bridgehead atoms. The van der Waals surface area contributed by atoms with Gasteiger partial charge < -0.3 is 33.9 Å². The highest BCUT2D eigenvalue weighted by Crippen LogP contribution is 2.40. The number of hydrogen-bond acceptors (Lipinski definition) is 8. The Bertz CT molecular complexity index is 1900. The first-order valence-corrected chi connectivity index (χ1v) is 17.4. The van der Waals surface area contributed by atoms with Gasteiger partial charge in [0.2, 0.25) is 6.29 Å². The van der Waals surface area contributed by atoms with Gasteiger partial charge in [-0.15, -0.1) is 0 Å². The van der Waals surface area contributed by atoms with Crippen molar-refractivity contribution in [1.29, 1.82) is 0 Å². The molecule has 2 aliphatic heterocycles. The molecule has 0 aliphatic carbocycles. The van der Waals surface area contributed by atoms with Crippen molar-refractivity contribution in [2.45, 2.75) is 51.4 Å². The number of nitrogens with zero attached hydrogens (tertiary/aromatic N) is 4. The summed E-state index contributed by atoms with van der Waals surface area (Å²) in [5.41, 5.74) is 3.42. The number of carbonyl (C=O) groups excluding carboxylic acids is 1. The number of aliphatic hydroxyl groups excluding tert-OH is 1. The van der Waals surface area contributed by atoms with Crippen LogP contribution in [0.3, 0.4) is 0 Å². The first-order valence-electron chi connectivity index (χ1n) is 17.4. The number of nitrogens with one attached hydrogen (secondary N) is 1. The molecule has 4 heterocycles. The predicted molar refractivity (Wildman–Crippen MR) is 187 cm³/mol. The Balaban J connectivity index is 1.28. The van der Waals surface area contributed by atoms with Gasteiger partial charge in [0.1, 0.15) is 0 Å². The zero-order valence-corrected chi connectivity index (χ0v) is 29.0. The average Bonchev–Trinajstić information content (AvgIpc) is 3.58. The lowest BCUT2D eigenvalue weighted by atomic mass is 9.81. The van der Waals surface area contributed by atoms with Gasteiger partial charge in [-0.05, 0) is 63.5 Å². The lowest BCUT2D eigenvalue weighted by molar-refractivity contribution is -0.172. The number of rotatable bonds is 14. The first kappa shape index (κ1) is 35.4. The Labute approximate surface area is 290 Å². The van der Waals surface area contributed by atoms with Crippen molar-refractivity contribution < 1.29 is 28.8 Å². The van der Waals surface area contributed by atoms with Crippen LogP contribution in [0.15, 0.2) is 76.0 Å². The van der Waals surface area contributed by atoms with Crippen molar-refractivity contribution in [3.63, 3.8) is 0 Å². The fourth-order valence-corrected chi connectivity index (χ4v) is 7.26. The number of carbonyl (C=O) groups is 1. The maximum atomic E-state index is 14.3. The molecule has 1 saturated heterocycles. The highest BCUT2D eigenvalue weighted by Gasteiger charge is 2.42. The number of aromatic nitrogens is 4. The maximum absolute atomic E-state index is 14.3. The van der Waals surface area contributed by atoms with Crippen molar-refractivity contribution in [3.8, 4) is 5.69 Å². The monoisotopic (exact) mass is 689 g/mol. The van der Waals surface area contributed by atoms with E-state index >= 15 is 0 Å². The molecule has 6 rings (SSSR count). The fraction of sp³-hybridized carbons (Fsp3) is 0.486. The summed E-state index contributed by atoms with van der Waals surface area (Å²) in [6, 6.07) is 17.1. The normalized spacial score (nSPS) is 19.9. The molecular weight excluding hydrogens is 642 g/mol. The number of H-pyrrole nitrogens is 1. The van der Waals surface area contributed by atoms with Crippen LogP contribution in [-0.4, -0.2) is 93.8 Å². The SMILES string of the molecule is CCO[C@H]1OC(C(=O)N2CCC(n3c(=O)[nH]c4ccccc43)CC2)=C[C@@H](c2c(C)n(C)n(-c3ccccc3)c2=O)[C@H]1CCOCCOCCO. The van der Waals surface area contributed by atoms with E-state index in [0.29, 0.717) is 64.3 Å². The number of amides is 1. The Morgan fingerprint density at radius 1 is 0.980 bits per heavy atom. The van der Waals surface area contributed by atoms with Crippen LogP contribution in [0.25, 0.3) is 16.7 Å². The Kier molecular flexibility index (Phi) is 11.4. The summed E-state index contributed by atoms with van der Waals surface area (Å²) in [5, 5.41) is 8.97. The van der Waals surface area contributed by atoms with Crippen molar-refractivity contribution >= 4 is 16.9 Å². The van der Waals surface area contributed by atoms with Crippen molar-refractivity contribution in [2.75, 3.05) is 52.7 Å². The number of fused-ring (bicyclic) bond motifs is 1. The van der Waals surface area contributed by atoms with Gasteiger partial charge >= 0.3 is 5.69 Å². The van der Waals surface area contributed by atoms with E-state index < -0.39 is 12.2 Å². The summed E-state index contributed by atoms with van der Waals surface area (Å²) in [4.78, 5) is 46.0. The van der Waals surface area contributed by atoms with Crippen LogP contribution >= 0.6 is 0 Å². The number of likely N-dealkylation sites (tertiary alicyclic amines) is 1. The third kappa shape index (κ3) is 7.22. The molecule has 268 valence electrons. The summed E-state index contributed by atoms with van der Waals surface area (Å²) in [5.74, 6) is -0.946. The zero-order valence-electron chi connectivity index (χ0n) is 29.0. The summed E-state index contributed by atoms with van der Waals surface area (Å²) in [7, 11) is 1.86. The van der Waals surface area contributed by atoms with Gasteiger partial charge in [-0.25, -0.2) is 9.48 Å². The third-order valence-electron chi connectivity index (χ3n) is 9.80. The minimum absolute atomic E-state index is 0.0466. The fourth-order valence-electron chi connectivity index (χ4n) is 7.26. The minimum atomic E-state index is -0.797. The van der Waals surface area contributed by atoms with E-state index in [1.54, 1.807) is 20.2 Å². The maximum Gasteiger partial charge on any atom is 0.326 e. The van der Waals surface area contributed by atoms with Gasteiger partial charge in [-0.1, -0.05) is 30.3 Å². The molecule has 4 aromatic rings. The number of aliphatic hydroxyl groups is 1. The van der Waals surface area contributed by atoms with Crippen molar-refractivity contribution in [3.05, 3.63) is 98.5 Å². The molecule has 13 heteroatoms. The van der Waals surface area contributed by atoms with Gasteiger partial charge in [0.05, 0.1) is 43.1 Å². The number of ether oxygens (including phenoxy) is 4. The standard InChI is InChI=1S/C37H47N5O8/c1-4-49-36-28(16-20-47-22-23-48-21-19-43)29(33-25(2)39(3)42(35(33)45)27-10-6-5-7-11-27)24-32(50-36)34(44)40-17-14-26(15-18-40)41-31-13-9-8-12-30(31)38-37(41)46/h5-13,24,26,28-29,36,43H,4,14-23H2,1-3H3,(H,38,46)/t28-,29-,36+/m1/s1. The molecule has 0 radical (unpaired) electrons. The topological polar surface area (TPSA) is 142 Å². The van der Waals surface area contributed by atoms with Crippen LogP contribution < -0.4 is 11.2 Å². The lowest BCUT2D eigenvalue weighted by Crippen LogP contribution is -2.44. The van der Waals surface area contributed by atoms with Crippen molar-refractivity contribution in [2.24, 2.45) is 13.0 Å². The van der Waals surface area contributed by atoms with Gasteiger partial charge in [0.15, 0.2) is 5.76 Å². The number of imidazole rings is 1. The van der Waals surface area contributed by atoms with Crippen molar-refractivity contribution in [1.82, 2.24) is 23.8 Å². The Morgan fingerprint density at radius 2 is 1.68 bits per heavy atom. The summed E-state index contributed by atoms with van der Waals surface area (Å²) < 4.78 is 29.0. The molecule has 13 nitrogen and oxygen atoms in total. The van der Waals surface area contributed by atoms with Gasteiger partial charge in [0, 0.05) is 62.5 Å². The van der Waals surface area contributed by atoms with Crippen LogP contribution in [0.1, 0.15) is 49.4 Å². The summed E-state index contributed by atoms with van der Waals surface area (Å²) in [6.45, 7) is 6.28. The Hall–Kier alpha value is -4.43. The van der Waals surface area contributed by atoms with Crippen LogP contribution in [0, 0.1) is 12.8 Å². The molecule has 1 amide bonds. The van der Waals surface area contributed by atoms with Crippen LogP contribution in [-0.2, 0) is 30.8 Å². The largest absolute Gasteiger partial charge is 0.459 e. The lowest BCUT2D eigenvalue weighted by Gasteiger charge is -2.38. The molecule has 0 unspecified atom stereocenters. The molecule has 0 saturated carbocycles. The molecule has 2 aliphatic rings. The minimum Gasteiger partial charge on any atom is -0.459 e. The number of piperidine rings is 1. The molecule has 0 spiro atoms. The molecular formula is C37H47N5O8. The highest BCUT2D eigenvalue weighted by atomic mass is 16.7. The van der Waals surface area contributed by atoms with E-state index in [4.69, 9.17) is 24.1 Å². The molecule has 2 aromatic heterocycles. The number of hydrogen-bond donors (Lipinski definition) is 2. The molecule has 50 heavy (non-hydrogen) atoms. The second-order valence-electron chi connectivity index (χ2n) is 12.7. The van der Waals surface area contributed by atoms with E-state index in [0.717, 1.165) is 22.4 Å². The highest BCUT2D eigenvalue weighted by molar-refractivity contribution is 5.92. The summed E-state index contributed by atoms with van der Waals surface area (Å²) in [6.07, 6.45) is 2.72. The third-order valence-corrected chi connectivity index (χ3v) is 9.80. The number of aromatic amines is 1. The van der Waals surface area contributed by atoms with Gasteiger partial charge in [0.25, 0.3) is 11.5 Å². The quantitative estimate of drug-likeness (QED) is 0.192. The summed E-state index contributed by atoms with van der Waals surface area (Å²) >= 11 is 0. The van der Waals surface area contributed by atoms with Crippen LogP contribution in [0.2, 0.25) is 0 Å². The zero-order chi connectivity index (χ0) is 35.2. The molecule has 3 atom stereocenters. The van der Waals surface area contributed by atoms with Gasteiger partial charge in [-0.2, -0.15) is 0 Å².